The van der Waals surface area contributed by atoms with Crippen LogP contribution in [-0.4, -0.2) is 13.1 Å². The highest BCUT2D eigenvalue weighted by Gasteiger charge is 2.24. The number of aryl methyl sites for hydroxylation is 1. The minimum Gasteiger partial charge on any atom is -0.317 e. The molecule has 0 radical (unpaired) electrons. The second-order valence-corrected chi connectivity index (χ2v) is 5.73. The maximum Gasteiger partial charge on any atom is -0.00148 e. The van der Waals surface area contributed by atoms with E-state index in [4.69, 9.17) is 0 Å². The van der Waals surface area contributed by atoms with Gasteiger partial charge in [0.2, 0.25) is 0 Å². The molecule has 1 fully saturated rings. The van der Waals surface area contributed by atoms with Gasteiger partial charge in [0.1, 0.15) is 0 Å². The number of hydrogen-bond acceptors (Lipinski definition) is 1. The molecule has 1 aliphatic rings. The fourth-order valence-corrected chi connectivity index (χ4v) is 3.30. The van der Waals surface area contributed by atoms with Crippen LogP contribution < -0.4 is 5.32 Å². The molecule has 1 nitrogen and oxygen atoms in total. The third-order valence-corrected chi connectivity index (χ3v) is 4.29. The topological polar surface area (TPSA) is 12.0 Å². The fourth-order valence-electron chi connectivity index (χ4n) is 3.30. The van der Waals surface area contributed by atoms with Crippen molar-refractivity contribution in [2.75, 3.05) is 13.1 Å². The van der Waals surface area contributed by atoms with Gasteiger partial charge in [-0.3, -0.25) is 0 Å². The predicted molar refractivity (Wildman–Crippen MR) is 79.0 cm³/mol. The third-order valence-electron chi connectivity index (χ3n) is 4.29. The number of rotatable bonds is 4. The van der Waals surface area contributed by atoms with Gasteiger partial charge in [-0.2, -0.15) is 0 Å². The third kappa shape index (κ3) is 3.58. The minimum atomic E-state index is 0.770. The summed E-state index contributed by atoms with van der Waals surface area (Å²) in [6.07, 6.45) is 7.01. The van der Waals surface area contributed by atoms with Crippen LogP contribution in [0.1, 0.15) is 56.1 Å². The highest BCUT2D eigenvalue weighted by atomic mass is 14.8. The van der Waals surface area contributed by atoms with Crippen LogP contribution in [0.4, 0.5) is 0 Å². The van der Waals surface area contributed by atoms with E-state index in [1.807, 2.05) is 0 Å². The summed E-state index contributed by atoms with van der Waals surface area (Å²) >= 11 is 0. The van der Waals surface area contributed by atoms with Crippen LogP contribution in [0.15, 0.2) is 24.3 Å². The first-order valence-corrected chi connectivity index (χ1v) is 7.58. The molecule has 0 amide bonds. The molecule has 1 aromatic carbocycles. The van der Waals surface area contributed by atoms with Gasteiger partial charge in [0.05, 0.1) is 0 Å². The number of benzene rings is 1. The molecule has 1 aliphatic carbocycles. The summed E-state index contributed by atoms with van der Waals surface area (Å²) < 4.78 is 0. The summed E-state index contributed by atoms with van der Waals surface area (Å²) in [6, 6.07) is 9.16. The van der Waals surface area contributed by atoms with E-state index < -0.39 is 0 Å². The molecule has 2 atom stereocenters. The molecule has 1 N–H and O–H groups in total. The van der Waals surface area contributed by atoms with Crippen molar-refractivity contribution in [3.63, 3.8) is 0 Å². The molecular weight excluding hydrogens is 218 g/mol. The van der Waals surface area contributed by atoms with Gasteiger partial charge < -0.3 is 5.32 Å². The Morgan fingerprint density at radius 2 is 2.00 bits per heavy atom. The molecular formula is C17H27N. The normalized spacial score (nSPS) is 24.8. The van der Waals surface area contributed by atoms with Crippen molar-refractivity contribution < 1.29 is 0 Å². The van der Waals surface area contributed by atoms with E-state index in [0.717, 1.165) is 18.4 Å². The molecule has 2 unspecified atom stereocenters. The van der Waals surface area contributed by atoms with Crippen molar-refractivity contribution >= 4 is 0 Å². The maximum atomic E-state index is 3.56. The van der Waals surface area contributed by atoms with Crippen LogP contribution in [-0.2, 0) is 0 Å². The van der Waals surface area contributed by atoms with Gasteiger partial charge in [-0.1, -0.05) is 56.0 Å². The first kappa shape index (κ1) is 13.6. The summed E-state index contributed by atoms with van der Waals surface area (Å²) in [5.74, 6) is 1.60. The Morgan fingerprint density at radius 1 is 1.17 bits per heavy atom. The van der Waals surface area contributed by atoms with E-state index in [1.165, 1.54) is 44.2 Å². The molecule has 0 aromatic heterocycles. The van der Waals surface area contributed by atoms with Crippen molar-refractivity contribution in [1.82, 2.24) is 5.32 Å². The van der Waals surface area contributed by atoms with E-state index in [9.17, 15) is 0 Å². The fraction of sp³-hybridized carbons (Fsp3) is 0.647. The van der Waals surface area contributed by atoms with Crippen molar-refractivity contribution in [3.8, 4) is 0 Å². The molecule has 18 heavy (non-hydrogen) atoms. The molecule has 0 aliphatic heterocycles. The second kappa shape index (κ2) is 6.94. The van der Waals surface area contributed by atoms with Crippen molar-refractivity contribution in [2.45, 2.75) is 51.9 Å². The summed E-state index contributed by atoms with van der Waals surface area (Å²) in [6.45, 7) is 6.70. The Hall–Kier alpha value is -0.820. The highest BCUT2D eigenvalue weighted by Crippen LogP contribution is 2.36. The molecule has 0 bridgehead atoms. The SMILES string of the molecule is CCNCC1CCCCCC1c1cccc(C)c1. The van der Waals surface area contributed by atoms with Crippen molar-refractivity contribution in [2.24, 2.45) is 5.92 Å². The Morgan fingerprint density at radius 3 is 2.78 bits per heavy atom. The smallest absolute Gasteiger partial charge is 0.00148 e. The highest BCUT2D eigenvalue weighted by molar-refractivity contribution is 5.26. The molecule has 0 spiro atoms. The van der Waals surface area contributed by atoms with Crippen LogP contribution in [0, 0.1) is 12.8 Å². The van der Waals surface area contributed by atoms with Crippen molar-refractivity contribution in [3.05, 3.63) is 35.4 Å². The van der Waals surface area contributed by atoms with E-state index >= 15 is 0 Å². The van der Waals surface area contributed by atoms with Crippen LogP contribution in [0.5, 0.6) is 0 Å². The zero-order chi connectivity index (χ0) is 12.8. The van der Waals surface area contributed by atoms with Crippen LogP contribution in [0.25, 0.3) is 0 Å². The van der Waals surface area contributed by atoms with E-state index in [-0.39, 0.29) is 0 Å². The lowest BCUT2D eigenvalue weighted by molar-refractivity contribution is 0.379. The number of hydrogen-bond donors (Lipinski definition) is 1. The number of nitrogens with one attached hydrogen (secondary N) is 1. The lowest BCUT2D eigenvalue weighted by Crippen LogP contribution is -2.26. The zero-order valence-electron chi connectivity index (χ0n) is 11.9. The Balaban J connectivity index is 2.14. The van der Waals surface area contributed by atoms with Gasteiger partial charge in [-0.25, -0.2) is 0 Å². The minimum absolute atomic E-state index is 0.770. The Labute approximate surface area is 112 Å². The Bertz CT molecular complexity index is 358. The zero-order valence-corrected chi connectivity index (χ0v) is 11.9. The van der Waals surface area contributed by atoms with Gasteiger partial charge in [-0.05, 0) is 50.3 Å². The van der Waals surface area contributed by atoms with E-state index in [1.54, 1.807) is 5.56 Å². The van der Waals surface area contributed by atoms with Crippen molar-refractivity contribution in [1.29, 1.82) is 0 Å². The molecule has 1 aromatic rings. The second-order valence-electron chi connectivity index (χ2n) is 5.73. The molecule has 1 saturated carbocycles. The van der Waals surface area contributed by atoms with Gasteiger partial charge in [0, 0.05) is 0 Å². The van der Waals surface area contributed by atoms with Gasteiger partial charge in [0.25, 0.3) is 0 Å². The van der Waals surface area contributed by atoms with E-state index in [0.29, 0.717) is 0 Å². The summed E-state index contributed by atoms with van der Waals surface area (Å²) in [4.78, 5) is 0. The summed E-state index contributed by atoms with van der Waals surface area (Å²) in [7, 11) is 0. The predicted octanol–water partition coefficient (Wildman–Crippen LogP) is 4.27. The van der Waals surface area contributed by atoms with Crippen LogP contribution >= 0.6 is 0 Å². The average Bonchev–Trinajstić information content (AvgIpc) is 2.61. The Kier molecular flexibility index (Phi) is 5.25. The first-order chi connectivity index (χ1) is 8.81. The van der Waals surface area contributed by atoms with Crippen LogP contribution in [0.3, 0.4) is 0 Å². The molecule has 100 valence electrons. The monoisotopic (exact) mass is 245 g/mol. The van der Waals surface area contributed by atoms with Gasteiger partial charge in [-0.15, -0.1) is 0 Å². The first-order valence-electron chi connectivity index (χ1n) is 7.58. The molecule has 0 saturated heterocycles. The lowest BCUT2D eigenvalue weighted by Gasteiger charge is -2.26. The molecule has 1 heteroatoms. The largest absolute Gasteiger partial charge is 0.317 e. The van der Waals surface area contributed by atoms with Gasteiger partial charge >= 0.3 is 0 Å². The quantitative estimate of drug-likeness (QED) is 0.781. The lowest BCUT2D eigenvalue weighted by atomic mass is 9.82. The molecule has 2 rings (SSSR count). The maximum absolute atomic E-state index is 3.56. The summed E-state index contributed by atoms with van der Waals surface area (Å²) in [5, 5.41) is 3.56. The van der Waals surface area contributed by atoms with Gasteiger partial charge in [0.15, 0.2) is 0 Å². The molecule has 0 heterocycles. The van der Waals surface area contributed by atoms with E-state index in [2.05, 4.69) is 43.4 Å². The average molecular weight is 245 g/mol. The summed E-state index contributed by atoms with van der Waals surface area (Å²) in [5.41, 5.74) is 2.97. The van der Waals surface area contributed by atoms with Crippen LogP contribution in [0.2, 0.25) is 0 Å². The standard InChI is InChI=1S/C17H27N/c1-3-18-13-16-9-5-4-6-11-17(16)15-10-7-8-14(2)12-15/h7-8,10,12,16-18H,3-6,9,11,13H2,1-2H3.